The molecular weight excluding hydrogens is 228 g/mol. The van der Waals surface area contributed by atoms with E-state index in [1.54, 1.807) is 18.2 Å². The first-order valence-electron chi connectivity index (χ1n) is 6.41. The third-order valence-corrected chi connectivity index (χ3v) is 3.26. The Labute approximate surface area is 108 Å². The summed E-state index contributed by atoms with van der Waals surface area (Å²) in [4.78, 5) is 23.0. The molecule has 1 unspecified atom stereocenters. The van der Waals surface area contributed by atoms with E-state index in [4.69, 9.17) is 5.11 Å². The molecule has 0 aliphatic heterocycles. The first kappa shape index (κ1) is 14.4. The van der Waals surface area contributed by atoms with Crippen LogP contribution >= 0.6 is 0 Å². The van der Waals surface area contributed by atoms with Crippen molar-refractivity contribution in [2.45, 2.75) is 39.5 Å². The number of hydrogen-bond donors (Lipinski definition) is 1. The number of carboxylic acids is 1. The summed E-state index contributed by atoms with van der Waals surface area (Å²) >= 11 is 0. The van der Waals surface area contributed by atoms with E-state index in [-0.39, 0.29) is 11.3 Å². The van der Waals surface area contributed by atoms with Gasteiger partial charge in [0.2, 0.25) is 0 Å². The van der Waals surface area contributed by atoms with E-state index in [1.165, 1.54) is 6.07 Å². The van der Waals surface area contributed by atoms with Crippen LogP contribution < -0.4 is 0 Å². The van der Waals surface area contributed by atoms with Crippen LogP contribution in [0, 0.1) is 5.92 Å². The molecule has 0 saturated carbocycles. The molecule has 98 valence electrons. The topological polar surface area (TPSA) is 54.4 Å². The van der Waals surface area contributed by atoms with E-state index in [9.17, 15) is 9.59 Å². The van der Waals surface area contributed by atoms with Crippen LogP contribution in [0.25, 0.3) is 0 Å². The van der Waals surface area contributed by atoms with E-state index in [0.29, 0.717) is 17.9 Å². The number of carboxylic acid groups (broad SMARTS) is 1. The SMILES string of the molecule is CCC(C)CCCC(=O)c1ccccc1C(=O)O. The smallest absolute Gasteiger partial charge is 0.336 e. The summed E-state index contributed by atoms with van der Waals surface area (Å²) in [7, 11) is 0. The highest BCUT2D eigenvalue weighted by Gasteiger charge is 2.15. The molecule has 0 aliphatic carbocycles. The third-order valence-electron chi connectivity index (χ3n) is 3.26. The normalized spacial score (nSPS) is 12.1. The van der Waals surface area contributed by atoms with Gasteiger partial charge in [0.25, 0.3) is 0 Å². The molecule has 3 nitrogen and oxygen atoms in total. The van der Waals surface area contributed by atoms with Crippen molar-refractivity contribution in [3.05, 3.63) is 35.4 Å². The molecule has 3 heteroatoms. The second-order valence-corrected chi connectivity index (χ2v) is 4.68. The standard InChI is InChI=1S/C15H20O3/c1-3-11(2)7-6-10-14(16)12-8-4-5-9-13(12)15(17)18/h4-5,8-9,11H,3,6-7,10H2,1-2H3,(H,17,18). The Bertz CT molecular complexity index is 424. The van der Waals surface area contributed by atoms with Gasteiger partial charge in [-0.3, -0.25) is 4.79 Å². The van der Waals surface area contributed by atoms with Gasteiger partial charge in [-0.25, -0.2) is 4.79 Å². The van der Waals surface area contributed by atoms with Gasteiger partial charge in [-0.15, -0.1) is 0 Å². The Morgan fingerprint density at radius 3 is 2.39 bits per heavy atom. The van der Waals surface area contributed by atoms with Gasteiger partial charge in [0.05, 0.1) is 5.56 Å². The van der Waals surface area contributed by atoms with Crippen LogP contribution in [0.5, 0.6) is 0 Å². The minimum atomic E-state index is -1.04. The molecule has 0 heterocycles. The fraction of sp³-hybridized carbons (Fsp3) is 0.467. The van der Waals surface area contributed by atoms with Crippen LogP contribution in [0.15, 0.2) is 24.3 Å². The van der Waals surface area contributed by atoms with Crippen molar-refractivity contribution in [3.63, 3.8) is 0 Å². The minimum Gasteiger partial charge on any atom is -0.478 e. The Morgan fingerprint density at radius 2 is 1.83 bits per heavy atom. The predicted molar refractivity (Wildman–Crippen MR) is 71.0 cm³/mol. The zero-order valence-corrected chi connectivity index (χ0v) is 11.0. The molecule has 0 spiro atoms. The van der Waals surface area contributed by atoms with E-state index >= 15 is 0 Å². The van der Waals surface area contributed by atoms with E-state index in [2.05, 4.69) is 13.8 Å². The fourth-order valence-corrected chi connectivity index (χ4v) is 1.86. The maximum absolute atomic E-state index is 12.0. The number of Topliss-reactive ketones (excluding diaryl/α,β-unsaturated/α-hetero) is 1. The summed E-state index contributed by atoms with van der Waals surface area (Å²) in [6.07, 6.45) is 3.37. The van der Waals surface area contributed by atoms with Gasteiger partial charge in [0.15, 0.2) is 5.78 Å². The lowest BCUT2D eigenvalue weighted by molar-refractivity contribution is 0.0691. The first-order chi connectivity index (χ1) is 8.56. The van der Waals surface area contributed by atoms with Crippen molar-refractivity contribution < 1.29 is 14.7 Å². The van der Waals surface area contributed by atoms with E-state index < -0.39 is 5.97 Å². The van der Waals surface area contributed by atoms with Crippen molar-refractivity contribution in [2.75, 3.05) is 0 Å². The van der Waals surface area contributed by atoms with Crippen molar-refractivity contribution in [1.29, 1.82) is 0 Å². The lowest BCUT2D eigenvalue weighted by Crippen LogP contribution is -2.08. The van der Waals surface area contributed by atoms with Crippen LogP contribution in [0.4, 0.5) is 0 Å². The maximum Gasteiger partial charge on any atom is 0.336 e. The predicted octanol–water partition coefficient (Wildman–Crippen LogP) is 3.78. The minimum absolute atomic E-state index is 0.0729. The van der Waals surface area contributed by atoms with Gasteiger partial charge in [-0.1, -0.05) is 44.9 Å². The largest absolute Gasteiger partial charge is 0.478 e. The maximum atomic E-state index is 12.0. The number of rotatable bonds is 7. The molecule has 0 aliphatic rings. The molecule has 0 radical (unpaired) electrons. The summed E-state index contributed by atoms with van der Waals surface area (Å²) in [6.45, 7) is 4.29. The van der Waals surface area contributed by atoms with Crippen molar-refractivity contribution in [2.24, 2.45) is 5.92 Å². The van der Waals surface area contributed by atoms with E-state index in [1.807, 2.05) is 0 Å². The number of carbonyl (C=O) groups excluding carboxylic acids is 1. The lowest BCUT2D eigenvalue weighted by Gasteiger charge is -2.08. The average molecular weight is 248 g/mol. The van der Waals surface area contributed by atoms with Crippen molar-refractivity contribution in [3.8, 4) is 0 Å². The summed E-state index contributed by atoms with van der Waals surface area (Å²) in [5.74, 6) is -0.496. The summed E-state index contributed by atoms with van der Waals surface area (Å²) < 4.78 is 0. The Balaban J connectivity index is 2.64. The lowest BCUT2D eigenvalue weighted by atomic mass is 9.96. The monoisotopic (exact) mass is 248 g/mol. The molecule has 1 aromatic rings. The number of aromatic carboxylic acids is 1. The second-order valence-electron chi connectivity index (χ2n) is 4.68. The Morgan fingerprint density at radius 1 is 1.22 bits per heavy atom. The van der Waals surface area contributed by atoms with Crippen LogP contribution in [0.2, 0.25) is 0 Å². The molecule has 0 bridgehead atoms. The van der Waals surface area contributed by atoms with Crippen LogP contribution in [0.3, 0.4) is 0 Å². The Kier molecular flexibility index (Phi) is 5.56. The average Bonchev–Trinajstić information content (AvgIpc) is 2.38. The highest BCUT2D eigenvalue weighted by Crippen LogP contribution is 2.16. The van der Waals surface area contributed by atoms with Crippen molar-refractivity contribution >= 4 is 11.8 Å². The molecule has 1 aromatic carbocycles. The third kappa shape index (κ3) is 3.99. The first-order valence-corrected chi connectivity index (χ1v) is 6.41. The van der Waals surface area contributed by atoms with Gasteiger partial charge in [0.1, 0.15) is 0 Å². The second kappa shape index (κ2) is 6.94. The molecule has 0 aromatic heterocycles. The molecular formula is C15H20O3. The molecule has 0 saturated heterocycles. The van der Waals surface area contributed by atoms with Gasteiger partial charge in [-0.2, -0.15) is 0 Å². The number of ketones is 1. The van der Waals surface area contributed by atoms with E-state index in [0.717, 1.165) is 19.3 Å². The zero-order chi connectivity index (χ0) is 13.5. The number of carbonyl (C=O) groups is 2. The number of benzene rings is 1. The molecule has 1 atom stereocenters. The molecule has 0 fully saturated rings. The van der Waals surface area contributed by atoms with Crippen molar-refractivity contribution in [1.82, 2.24) is 0 Å². The number of hydrogen-bond acceptors (Lipinski definition) is 2. The molecule has 1 N–H and O–H groups in total. The van der Waals surface area contributed by atoms with Gasteiger partial charge in [-0.05, 0) is 18.4 Å². The van der Waals surface area contributed by atoms with Crippen LogP contribution in [0.1, 0.15) is 60.2 Å². The van der Waals surface area contributed by atoms with Gasteiger partial charge < -0.3 is 5.11 Å². The quantitative estimate of drug-likeness (QED) is 0.747. The van der Waals surface area contributed by atoms with Crippen LogP contribution in [-0.2, 0) is 0 Å². The molecule has 1 rings (SSSR count). The highest BCUT2D eigenvalue weighted by molar-refractivity contribution is 6.05. The van der Waals surface area contributed by atoms with Crippen LogP contribution in [-0.4, -0.2) is 16.9 Å². The summed E-state index contributed by atoms with van der Waals surface area (Å²) in [6, 6.07) is 6.41. The molecule has 0 amide bonds. The summed E-state index contributed by atoms with van der Waals surface area (Å²) in [5, 5.41) is 9.01. The zero-order valence-electron chi connectivity index (χ0n) is 11.0. The summed E-state index contributed by atoms with van der Waals surface area (Å²) in [5.41, 5.74) is 0.431. The fourth-order valence-electron chi connectivity index (χ4n) is 1.86. The van der Waals surface area contributed by atoms with Gasteiger partial charge in [0, 0.05) is 12.0 Å². The Hall–Kier alpha value is -1.64. The molecule has 18 heavy (non-hydrogen) atoms. The highest BCUT2D eigenvalue weighted by atomic mass is 16.4. The van der Waals surface area contributed by atoms with Gasteiger partial charge >= 0.3 is 5.97 Å².